The molecule has 24 heavy (non-hydrogen) atoms. The Morgan fingerprint density at radius 1 is 1.25 bits per heavy atom. The molecule has 2 rings (SSSR count). The van der Waals surface area contributed by atoms with Crippen molar-refractivity contribution < 1.29 is 23.5 Å². The monoisotopic (exact) mass is 352 g/mol. The lowest BCUT2D eigenvalue weighted by Crippen LogP contribution is -2.39. The van der Waals surface area contributed by atoms with E-state index in [1.807, 2.05) is 5.32 Å². The van der Waals surface area contributed by atoms with Gasteiger partial charge < -0.3 is 19.6 Å². The minimum Gasteiger partial charge on any atom is -0.493 e. The van der Waals surface area contributed by atoms with Gasteiger partial charge in [0.25, 0.3) is 5.22 Å². The number of nitrogens with zero attached hydrogens (tertiary/aromatic N) is 2. The molecule has 128 valence electrons. The predicted molar refractivity (Wildman–Crippen MR) is 85.9 cm³/mol. The van der Waals surface area contributed by atoms with E-state index >= 15 is 0 Å². The first-order chi connectivity index (χ1) is 11.4. The number of urea groups is 1. The first-order valence-electron chi connectivity index (χ1n) is 6.77. The number of benzene rings is 1. The van der Waals surface area contributed by atoms with Crippen LogP contribution < -0.4 is 20.5 Å². The molecule has 0 aliphatic heterocycles. The van der Waals surface area contributed by atoms with E-state index in [1.54, 1.807) is 25.1 Å². The maximum atomic E-state index is 11.6. The molecule has 3 N–H and O–H groups in total. The Bertz CT molecular complexity index is 749. The van der Waals surface area contributed by atoms with Crippen LogP contribution in [0.25, 0.3) is 11.5 Å². The molecule has 0 spiro atoms. The van der Waals surface area contributed by atoms with Gasteiger partial charge in [-0.25, -0.2) is 4.79 Å². The van der Waals surface area contributed by atoms with Crippen LogP contribution in [0.3, 0.4) is 0 Å². The van der Waals surface area contributed by atoms with E-state index in [0.717, 1.165) is 11.8 Å². The molecule has 0 fully saturated rings. The SMILES string of the molecule is COc1ccc(-c2nnc(S[C@H](C)C(=O)NC(N)=O)o2)cc1OC. The zero-order valence-electron chi connectivity index (χ0n) is 13.2. The highest BCUT2D eigenvalue weighted by Gasteiger charge is 2.20. The van der Waals surface area contributed by atoms with Crippen LogP contribution in [-0.2, 0) is 4.79 Å². The van der Waals surface area contributed by atoms with Gasteiger partial charge >= 0.3 is 6.03 Å². The van der Waals surface area contributed by atoms with Crippen LogP contribution in [0.2, 0.25) is 0 Å². The number of hydrogen-bond acceptors (Lipinski definition) is 8. The molecule has 1 aromatic carbocycles. The number of thioether (sulfide) groups is 1. The number of methoxy groups -OCH3 is 2. The Kier molecular flexibility index (Phi) is 5.64. The highest BCUT2D eigenvalue weighted by atomic mass is 32.2. The van der Waals surface area contributed by atoms with Gasteiger partial charge in [-0.1, -0.05) is 11.8 Å². The topological polar surface area (TPSA) is 130 Å². The second-order valence-corrected chi connectivity index (χ2v) is 5.85. The molecule has 2 aromatic rings. The average Bonchev–Trinajstić information content (AvgIpc) is 3.01. The largest absolute Gasteiger partial charge is 0.493 e. The van der Waals surface area contributed by atoms with Crippen molar-refractivity contribution in [3.8, 4) is 23.0 Å². The zero-order chi connectivity index (χ0) is 17.7. The number of rotatable bonds is 6. The number of amides is 3. The molecule has 3 amide bonds. The van der Waals surface area contributed by atoms with Gasteiger partial charge in [0.05, 0.1) is 19.5 Å². The van der Waals surface area contributed by atoms with E-state index in [2.05, 4.69) is 10.2 Å². The lowest BCUT2D eigenvalue weighted by atomic mass is 10.2. The van der Waals surface area contributed by atoms with Crippen molar-refractivity contribution in [3.63, 3.8) is 0 Å². The van der Waals surface area contributed by atoms with Crippen LogP contribution in [0.4, 0.5) is 4.79 Å². The van der Waals surface area contributed by atoms with Crippen molar-refractivity contribution in [1.82, 2.24) is 15.5 Å². The quantitative estimate of drug-likeness (QED) is 0.747. The van der Waals surface area contributed by atoms with Crippen molar-refractivity contribution in [2.24, 2.45) is 5.73 Å². The minimum atomic E-state index is -0.913. The molecule has 9 nitrogen and oxygen atoms in total. The van der Waals surface area contributed by atoms with E-state index < -0.39 is 17.2 Å². The van der Waals surface area contributed by atoms with Crippen LogP contribution in [-0.4, -0.2) is 41.6 Å². The highest BCUT2D eigenvalue weighted by Crippen LogP contribution is 2.33. The standard InChI is InChI=1S/C14H16N4O5S/c1-7(11(19)16-13(15)20)24-14-18-17-12(23-14)8-4-5-9(21-2)10(6-8)22-3/h4-7H,1-3H3,(H3,15,16,19,20)/t7-/m1/s1. The van der Waals surface area contributed by atoms with E-state index in [-0.39, 0.29) is 11.1 Å². The predicted octanol–water partition coefficient (Wildman–Crippen LogP) is 1.43. The first kappa shape index (κ1) is 17.6. The molecular weight excluding hydrogens is 336 g/mol. The summed E-state index contributed by atoms with van der Waals surface area (Å²) < 4.78 is 15.9. The lowest BCUT2D eigenvalue weighted by molar-refractivity contribution is -0.119. The summed E-state index contributed by atoms with van der Waals surface area (Å²) in [6.07, 6.45) is 0. The van der Waals surface area contributed by atoms with Gasteiger partial charge in [0.15, 0.2) is 11.5 Å². The second kappa shape index (κ2) is 7.68. The van der Waals surface area contributed by atoms with E-state index in [1.165, 1.54) is 14.2 Å². The summed E-state index contributed by atoms with van der Waals surface area (Å²) >= 11 is 1.01. The number of nitrogens with two attached hydrogens (primary N) is 1. The van der Waals surface area contributed by atoms with Gasteiger partial charge in [-0.2, -0.15) is 0 Å². The number of carbonyl (C=O) groups excluding carboxylic acids is 2. The summed E-state index contributed by atoms with van der Waals surface area (Å²) in [5.41, 5.74) is 5.54. The highest BCUT2D eigenvalue weighted by molar-refractivity contribution is 8.00. The van der Waals surface area contributed by atoms with Crippen molar-refractivity contribution in [1.29, 1.82) is 0 Å². The van der Waals surface area contributed by atoms with Crippen LogP contribution in [0.15, 0.2) is 27.8 Å². The van der Waals surface area contributed by atoms with Crippen LogP contribution >= 0.6 is 11.8 Å². The number of ether oxygens (including phenoxy) is 2. The summed E-state index contributed by atoms with van der Waals surface area (Å²) in [5.74, 6) is 0.822. The van der Waals surface area contributed by atoms with E-state index in [4.69, 9.17) is 19.6 Å². The fourth-order valence-electron chi connectivity index (χ4n) is 1.77. The van der Waals surface area contributed by atoms with Crippen LogP contribution in [0, 0.1) is 0 Å². The average molecular weight is 352 g/mol. The molecule has 1 atom stereocenters. The normalized spacial score (nSPS) is 11.6. The number of hydrogen-bond donors (Lipinski definition) is 2. The summed E-state index contributed by atoms with van der Waals surface area (Å²) in [6.45, 7) is 1.59. The van der Waals surface area contributed by atoms with Gasteiger partial charge in [0, 0.05) is 5.56 Å². The van der Waals surface area contributed by atoms with Gasteiger partial charge in [0.1, 0.15) is 0 Å². The molecule has 0 aliphatic rings. The van der Waals surface area contributed by atoms with E-state index in [0.29, 0.717) is 17.1 Å². The van der Waals surface area contributed by atoms with Crippen molar-refractivity contribution in [2.45, 2.75) is 17.4 Å². The molecule has 0 unspecified atom stereocenters. The molecule has 0 bridgehead atoms. The van der Waals surface area contributed by atoms with Gasteiger partial charge in [-0.15, -0.1) is 10.2 Å². The number of primary amides is 1. The Hall–Kier alpha value is -2.75. The number of nitrogens with one attached hydrogen (secondary N) is 1. The minimum absolute atomic E-state index is 0.187. The third-order valence-corrected chi connectivity index (χ3v) is 3.86. The Labute approximate surface area is 141 Å². The summed E-state index contributed by atoms with van der Waals surface area (Å²) in [5, 5.41) is 9.35. The maximum absolute atomic E-state index is 11.6. The van der Waals surface area contributed by atoms with Gasteiger partial charge in [0.2, 0.25) is 11.8 Å². The molecule has 1 aromatic heterocycles. The molecule has 0 saturated heterocycles. The summed E-state index contributed by atoms with van der Waals surface area (Å²) in [6, 6.07) is 4.24. The molecule has 1 heterocycles. The third-order valence-electron chi connectivity index (χ3n) is 2.93. The third kappa shape index (κ3) is 4.16. The lowest BCUT2D eigenvalue weighted by Gasteiger charge is -2.07. The molecule has 0 saturated carbocycles. The maximum Gasteiger partial charge on any atom is 0.318 e. The Balaban J connectivity index is 2.13. The van der Waals surface area contributed by atoms with Gasteiger partial charge in [-0.3, -0.25) is 10.1 Å². The molecular formula is C14H16N4O5S. The second-order valence-electron chi connectivity index (χ2n) is 4.56. The Morgan fingerprint density at radius 2 is 1.96 bits per heavy atom. The number of imide groups is 1. The molecule has 0 radical (unpaired) electrons. The van der Waals surface area contributed by atoms with Crippen LogP contribution in [0.5, 0.6) is 11.5 Å². The van der Waals surface area contributed by atoms with Crippen LogP contribution in [0.1, 0.15) is 6.92 Å². The fraction of sp³-hybridized carbons (Fsp3) is 0.286. The smallest absolute Gasteiger partial charge is 0.318 e. The van der Waals surface area contributed by atoms with Crippen molar-refractivity contribution in [3.05, 3.63) is 18.2 Å². The summed E-state index contributed by atoms with van der Waals surface area (Å²) in [7, 11) is 3.06. The molecule has 0 aliphatic carbocycles. The van der Waals surface area contributed by atoms with E-state index in [9.17, 15) is 9.59 Å². The van der Waals surface area contributed by atoms with Crippen molar-refractivity contribution in [2.75, 3.05) is 14.2 Å². The number of carbonyl (C=O) groups is 2. The first-order valence-corrected chi connectivity index (χ1v) is 7.65. The van der Waals surface area contributed by atoms with Crippen molar-refractivity contribution >= 4 is 23.7 Å². The summed E-state index contributed by atoms with van der Waals surface area (Å²) in [4.78, 5) is 22.3. The fourth-order valence-corrected chi connectivity index (χ4v) is 2.45. The molecule has 10 heteroatoms. The number of aromatic nitrogens is 2. The van der Waals surface area contributed by atoms with Gasteiger partial charge in [-0.05, 0) is 25.1 Å². The Morgan fingerprint density at radius 3 is 2.58 bits per heavy atom. The zero-order valence-corrected chi connectivity index (χ0v) is 14.0.